The van der Waals surface area contributed by atoms with Gasteiger partial charge in [0.25, 0.3) is 0 Å². The molecule has 3 aromatic carbocycles. The van der Waals surface area contributed by atoms with Crippen LogP contribution in [0.3, 0.4) is 0 Å². The lowest BCUT2D eigenvalue weighted by Crippen LogP contribution is -1.76. The highest BCUT2D eigenvalue weighted by molar-refractivity contribution is 6.25. The van der Waals surface area contributed by atoms with Crippen molar-refractivity contribution in [2.45, 2.75) is 0 Å². The van der Waals surface area contributed by atoms with Gasteiger partial charge in [-0.3, -0.25) is 4.98 Å². The summed E-state index contributed by atoms with van der Waals surface area (Å²) in [6, 6.07) is 21.2. The first kappa shape index (κ1) is 14.3. The Hall–Kier alpha value is -3.04. The van der Waals surface area contributed by atoms with Crippen LogP contribution in [-0.2, 0) is 0 Å². The molecule has 3 heterocycles. The summed E-state index contributed by atoms with van der Waals surface area (Å²) < 4.78 is 0. The van der Waals surface area contributed by atoms with Crippen LogP contribution in [0.25, 0.3) is 54.5 Å². The molecule has 0 atom stereocenters. The van der Waals surface area contributed by atoms with Gasteiger partial charge in [-0.1, -0.05) is 48.5 Å². The quantitative estimate of drug-likeness (QED) is 0.353. The first-order chi connectivity index (χ1) is 11.9. The highest BCUT2D eigenvalue weighted by atomic mass is 35.5. The van der Waals surface area contributed by atoms with Crippen LogP contribution < -0.4 is 0 Å². The van der Waals surface area contributed by atoms with Gasteiger partial charge < -0.3 is 9.97 Å². The lowest BCUT2D eigenvalue weighted by Gasteiger charge is -1.98. The minimum absolute atomic E-state index is 0. The van der Waals surface area contributed by atoms with E-state index in [2.05, 4.69) is 70.6 Å². The van der Waals surface area contributed by atoms with Crippen molar-refractivity contribution in [1.82, 2.24) is 15.0 Å². The van der Waals surface area contributed by atoms with Crippen LogP contribution in [0, 0.1) is 0 Å². The van der Waals surface area contributed by atoms with E-state index in [0.717, 1.165) is 27.6 Å². The highest BCUT2D eigenvalue weighted by Gasteiger charge is 2.14. The normalized spacial score (nSPS) is 11.7. The van der Waals surface area contributed by atoms with E-state index in [1.54, 1.807) is 0 Å². The summed E-state index contributed by atoms with van der Waals surface area (Å²) in [5.74, 6) is 0. The number of aromatic nitrogens is 3. The van der Waals surface area contributed by atoms with E-state index in [9.17, 15) is 0 Å². The molecule has 6 aromatic rings. The molecule has 0 saturated heterocycles. The molecule has 0 aliphatic rings. The van der Waals surface area contributed by atoms with Crippen LogP contribution in [0.4, 0.5) is 0 Å². The van der Waals surface area contributed by atoms with Crippen LogP contribution in [0.2, 0.25) is 0 Å². The number of H-pyrrole nitrogens is 2. The molecule has 6 rings (SSSR count). The Kier molecular flexibility index (Phi) is 2.85. The van der Waals surface area contributed by atoms with E-state index in [0.29, 0.717) is 0 Å². The molecule has 0 aliphatic carbocycles. The first-order valence-corrected chi connectivity index (χ1v) is 8.09. The predicted octanol–water partition coefficient (Wildman–Crippen LogP) is 5.93. The van der Waals surface area contributed by atoms with E-state index in [1.807, 2.05) is 6.20 Å². The number of nitrogens with one attached hydrogen (secondary N) is 2. The highest BCUT2D eigenvalue weighted by Crippen LogP contribution is 2.36. The van der Waals surface area contributed by atoms with Crippen molar-refractivity contribution >= 4 is 66.9 Å². The van der Waals surface area contributed by atoms with Gasteiger partial charge >= 0.3 is 0 Å². The molecule has 0 bridgehead atoms. The van der Waals surface area contributed by atoms with Gasteiger partial charge in [-0.15, -0.1) is 12.4 Å². The van der Waals surface area contributed by atoms with Gasteiger partial charge in [-0.2, -0.15) is 0 Å². The fraction of sp³-hybridized carbons (Fsp3) is 0. The van der Waals surface area contributed by atoms with Crippen molar-refractivity contribution in [3.05, 3.63) is 66.9 Å². The second-order valence-corrected chi connectivity index (χ2v) is 6.28. The van der Waals surface area contributed by atoms with E-state index in [-0.39, 0.29) is 12.4 Å². The molecular formula is C21H14ClN3. The zero-order valence-corrected chi connectivity index (χ0v) is 14.0. The molecule has 25 heavy (non-hydrogen) atoms. The molecule has 0 aliphatic heterocycles. The number of fused-ring (bicyclic) bond motifs is 9. The topological polar surface area (TPSA) is 44.5 Å². The molecule has 2 N–H and O–H groups in total. The Morgan fingerprint density at radius 3 is 2.36 bits per heavy atom. The van der Waals surface area contributed by atoms with Crippen molar-refractivity contribution in [2.75, 3.05) is 0 Å². The average Bonchev–Trinajstić information content (AvgIpc) is 3.19. The second-order valence-electron chi connectivity index (χ2n) is 6.28. The Morgan fingerprint density at radius 2 is 1.44 bits per heavy atom. The largest absolute Gasteiger partial charge is 0.353 e. The lowest BCUT2D eigenvalue weighted by atomic mass is 10.1. The van der Waals surface area contributed by atoms with Crippen LogP contribution >= 0.6 is 12.4 Å². The number of aromatic amines is 2. The monoisotopic (exact) mass is 343 g/mol. The molecule has 3 aromatic heterocycles. The third kappa shape index (κ3) is 1.79. The molecule has 0 fully saturated rings. The fourth-order valence-electron chi connectivity index (χ4n) is 3.90. The van der Waals surface area contributed by atoms with Crippen molar-refractivity contribution in [1.29, 1.82) is 0 Å². The molecule has 0 amide bonds. The Labute approximate surface area is 149 Å². The molecule has 4 heteroatoms. The number of benzene rings is 3. The minimum atomic E-state index is 0. The predicted molar refractivity (Wildman–Crippen MR) is 108 cm³/mol. The van der Waals surface area contributed by atoms with Crippen LogP contribution in [0.15, 0.2) is 66.9 Å². The lowest BCUT2D eigenvalue weighted by molar-refractivity contribution is 1.42. The summed E-state index contributed by atoms with van der Waals surface area (Å²) in [6.45, 7) is 0. The SMILES string of the molecule is Cl.c1ccc2c(c1)ccc1c3ncc4[nH]c5ccccc5c4c3[nH]c21. The third-order valence-corrected chi connectivity index (χ3v) is 4.98. The van der Waals surface area contributed by atoms with Gasteiger partial charge in [0.15, 0.2) is 0 Å². The van der Waals surface area contributed by atoms with E-state index < -0.39 is 0 Å². The standard InChI is InChI=1S/C21H13N3.ClH/c1-2-6-13-12(5-1)9-10-15-19(13)24-21-18-14-7-3-4-8-16(14)23-17(18)11-22-20(15)21;/h1-11,23-24H;1H. The molecule has 0 unspecified atom stereocenters. The van der Waals surface area contributed by atoms with Gasteiger partial charge in [0.05, 0.1) is 28.3 Å². The van der Waals surface area contributed by atoms with Gasteiger partial charge in [-0.25, -0.2) is 0 Å². The minimum Gasteiger partial charge on any atom is -0.353 e. The zero-order valence-electron chi connectivity index (χ0n) is 13.2. The summed E-state index contributed by atoms with van der Waals surface area (Å²) >= 11 is 0. The van der Waals surface area contributed by atoms with Crippen molar-refractivity contribution in [3.63, 3.8) is 0 Å². The van der Waals surface area contributed by atoms with Crippen molar-refractivity contribution in [2.24, 2.45) is 0 Å². The number of hydrogen-bond acceptors (Lipinski definition) is 1. The maximum Gasteiger partial charge on any atom is 0.0965 e. The molecular weight excluding hydrogens is 330 g/mol. The summed E-state index contributed by atoms with van der Waals surface area (Å²) in [4.78, 5) is 11.9. The maximum absolute atomic E-state index is 4.74. The fourth-order valence-corrected chi connectivity index (χ4v) is 3.90. The molecule has 0 radical (unpaired) electrons. The van der Waals surface area contributed by atoms with Crippen molar-refractivity contribution < 1.29 is 0 Å². The Morgan fingerprint density at radius 1 is 0.640 bits per heavy atom. The summed E-state index contributed by atoms with van der Waals surface area (Å²) in [5, 5.41) is 6.11. The zero-order chi connectivity index (χ0) is 15.7. The first-order valence-electron chi connectivity index (χ1n) is 8.09. The number of halogens is 1. The smallest absolute Gasteiger partial charge is 0.0965 e. The summed E-state index contributed by atoms with van der Waals surface area (Å²) in [5.41, 5.74) is 5.52. The van der Waals surface area contributed by atoms with Crippen LogP contribution in [0.1, 0.15) is 0 Å². The molecule has 0 spiro atoms. The number of nitrogens with zero attached hydrogens (tertiary/aromatic N) is 1. The van der Waals surface area contributed by atoms with E-state index >= 15 is 0 Å². The summed E-state index contributed by atoms with van der Waals surface area (Å²) in [6.07, 6.45) is 1.94. The number of pyridine rings is 1. The number of para-hydroxylation sites is 1. The molecule has 120 valence electrons. The number of rotatable bonds is 0. The van der Waals surface area contributed by atoms with Gasteiger partial charge in [0, 0.05) is 27.1 Å². The number of hydrogen-bond donors (Lipinski definition) is 2. The second kappa shape index (κ2) is 4.98. The summed E-state index contributed by atoms with van der Waals surface area (Å²) in [7, 11) is 0. The molecule has 3 nitrogen and oxygen atoms in total. The Bertz CT molecular complexity index is 1410. The molecule has 0 saturated carbocycles. The van der Waals surface area contributed by atoms with E-state index in [4.69, 9.17) is 4.98 Å². The van der Waals surface area contributed by atoms with E-state index in [1.165, 1.54) is 26.9 Å². The van der Waals surface area contributed by atoms with Gasteiger partial charge in [0.1, 0.15) is 0 Å². The average molecular weight is 344 g/mol. The Balaban J connectivity index is 0.00000140. The van der Waals surface area contributed by atoms with Crippen LogP contribution in [0.5, 0.6) is 0 Å². The van der Waals surface area contributed by atoms with Crippen molar-refractivity contribution in [3.8, 4) is 0 Å². The van der Waals surface area contributed by atoms with Crippen LogP contribution in [-0.4, -0.2) is 15.0 Å². The van der Waals surface area contributed by atoms with Gasteiger partial charge in [0.2, 0.25) is 0 Å². The van der Waals surface area contributed by atoms with Gasteiger partial charge in [-0.05, 0) is 17.5 Å². The maximum atomic E-state index is 4.74. The third-order valence-electron chi connectivity index (χ3n) is 4.98.